The maximum atomic E-state index is 13.1. The molecule has 0 aliphatic carbocycles. The maximum Gasteiger partial charge on any atom is 0.253 e. The summed E-state index contributed by atoms with van der Waals surface area (Å²) < 4.78 is 29.7. The molecule has 7 nitrogen and oxygen atoms in total. The van der Waals surface area contributed by atoms with Crippen molar-refractivity contribution in [1.82, 2.24) is 18.8 Å². The van der Waals surface area contributed by atoms with Gasteiger partial charge in [0, 0.05) is 37.4 Å². The van der Waals surface area contributed by atoms with Gasteiger partial charge in [0.05, 0.1) is 15.9 Å². The van der Waals surface area contributed by atoms with E-state index < -0.39 is 10.0 Å². The lowest BCUT2D eigenvalue weighted by Gasteiger charge is -2.34. The number of hydrogen-bond donors (Lipinski definition) is 0. The molecular formula is C26H26N4O3S. The fourth-order valence-electron chi connectivity index (χ4n) is 4.47. The number of fused-ring (bicyclic) bond motifs is 1. The van der Waals surface area contributed by atoms with Gasteiger partial charge in [-0.15, -0.1) is 0 Å². The van der Waals surface area contributed by atoms with Gasteiger partial charge in [-0.25, -0.2) is 13.4 Å². The van der Waals surface area contributed by atoms with Crippen molar-refractivity contribution < 1.29 is 13.2 Å². The van der Waals surface area contributed by atoms with Crippen LogP contribution in [0.15, 0.2) is 78.0 Å². The van der Waals surface area contributed by atoms with Crippen molar-refractivity contribution in [3.05, 3.63) is 89.7 Å². The summed E-state index contributed by atoms with van der Waals surface area (Å²) in [6.07, 6.45) is 1.77. The minimum atomic E-state index is -3.59. The Morgan fingerprint density at radius 2 is 1.59 bits per heavy atom. The van der Waals surface area contributed by atoms with Gasteiger partial charge >= 0.3 is 0 Å². The lowest BCUT2D eigenvalue weighted by atomic mass is 10.1. The van der Waals surface area contributed by atoms with Crippen LogP contribution in [0.25, 0.3) is 16.7 Å². The number of amides is 1. The number of para-hydroxylation sites is 2. The van der Waals surface area contributed by atoms with Crippen LogP contribution >= 0.6 is 0 Å². The highest BCUT2D eigenvalue weighted by molar-refractivity contribution is 7.89. The predicted octanol–water partition coefficient (Wildman–Crippen LogP) is 3.79. The zero-order valence-corrected chi connectivity index (χ0v) is 20.0. The largest absolute Gasteiger partial charge is 0.336 e. The summed E-state index contributed by atoms with van der Waals surface area (Å²) in [6.45, 7) is 5.03. The number of benzene rings is 3. The normalized spacial score (nSPS) is 15.1. The smallest absolute Gasteiger partial charge is 0.253 e. The van der Waals surface area contributed by atoms with E-state index in [4.69, 9.17) is 0 Å². The molecule has 1 aromatic heterocycles. The summed E-state index contributed by atoms with van der Waals surface area (Å²) in [7, 11) is -3.59. The number of imidazole rings is 1. The Hall–Kier alpha value is -3.49. The molecule has 1 aliphatic heterocycles. The lowest BCUT2D eigenvalue weighted by Crippen LogP contribution is -2.50. The van der Waals surface area contributed by atoms with Gasteiger partial charge in [0.1, 0.15) is 6.33 Å². The van der Waals surface area contributed by atoms with E-state index in [1.54, 1.807) is 17.3 Å². The Bertz CT molecular complexity index is 1470. The number of sulfonamides is 1. The van der Waals surface area contributed by atoms with Crippen LogP contribution in [0.1, 0.15) is 21.5 Å². The molecule has 4 aromatic rings. The molecule has 0 unspecified atom stereocenters. The molecule has 1 amide bonds. The highest BCUT2D eigenvalue weighted by Gasteiger charge is 2.31. The lowest BCUT2D eigenvalue weighted by molar-refractivity contribution is 0.0698. The van der Waals surface area contributed by atoms with E-state index in [9.17, 15) is 13.2 Å². The minimum absolute atomic E-state index is 0.0920. The summed E-state index contributed by atoms with van der Waals surface area (Å²) in [6, 6.07) is 20.7. The third kappa shape index (κ3) is 3.99. The van der Waals surface area contributed by atoms with E-state index in [1.807, 2.05) is 79.1 Å². The molecular weight excluding hydrogens is 448 g/mol. The van der Waals surface area contributed by atoms with Gasteiger partial charge in [0.2, 0.25) is 10.0 Å². The van der Waals surface area contributed by atoms with E-state index in [-0.39, 0.29) is 19.0 Å². The number of rotatable bonds is 4. The topological polar surface area (TPSA) is 75.5 Å². The van der Waals surface area contributed by atoms with Gasteiger partial charge in [0.15, 0.2) is 0 Å². The second kappa shape index (κ2) is 8.70. The average molecular weight is 475 g/mol. The number of hydrogen-bond acceptors (Lipinski definition) is 4. The molecule has 3 aromatic carbocycles. The fourth-order valence-corrected chi connectivity index (χ4v) is 6.10. The third-order valence-corrected chi connectivity index (χ3v) is 8.38. The average Bonchev–Trinajstić information content (AvgIpc) is 3.28. The first kappa shape index (κ1) is 22.3. The molecule has 0 bridgehead atoms. The first-order chi connectivity index (χ1) is 16.3. The van der Waals surface area contributed by atoms with Crippen molar-refractivity contribution in [2.24, 2.45) is 0 Å². The number of nitrogens with zero attached hydrogens (tertiary/aromatic N) is 4. The zero-order chi connectivity index (χ0) is 23.9. The van der Waals surface area contributed by atoms with Crippen molar-refractivity contribution in [2.75, 3.05) is 26.2 Å². The zero-order valence-electron chi connectivity index (χ0n) is 19.2. The Labute approximate surface area is 199 Å². The van der Waals surface area contributed by atoms with Crippen molar-refractivity contribution in [2.45, 2.75) is 18.7 Å². The van der Waals surface area contributed by atoms with Gasteiger partial charge in [-0.2, -0.15) is 4.31 Å². The molecule has 1 aliphatic rings. The Kier molecular flexibility index (Phi) is 5.71. The van der Waals surface area contributed by atoms with Crippen LogP contribution < -0.4 is 0 Å². The molecule has 0 saturated carbocycles. The first-order valence-corrected chi connectivity index (χ1v) is 12.7. The van der Waals surface area contributed by atoms with Crippen molar-refractivity contribution in [3.8, 4) is 5.69 Å². The SMILES string of the molecule is Cc1ccc(S(=O)(=O)N2CCN(C(=O)c3ccc(-n4cnc5ccccc54)cc3)CC2)c(C)c1. The number of piperazine rings is 1. The number of carbonyl (C=O) groups is 1. The van der Waals surface area contributed by atoms with E-state index in [0.29, 0.717) is 23.5 Å². The summed E-state index contributed by atoms with van der Waals surface area (Å²) in [5.74, 6) is -0.0920. The van der Waals surface area contributed by atoms with Crippen molar-refractivity contribution >= 4 is 27.0 Å². The molecule has 34 heavy (non-hydrogen) atoms. The quantitative estimate of drug-likeness (QED) is 0.451. The summed E-state index contributed by atoms with van der Waals surface area (Å²) in [5.41, 5.74) is 5.19. The third-order valence-electron chi connectivity index (χ3n) is 6.32. The summed E-state index contributed by atoms with van der Waals surface area (Å²) >= 11 is 0. The molecule has 0 N–H and O–H groups in total. The molecule has 8 heteroatoms. The number of aryl methyl sites for hydroxylation is 2. The summed E-state index contributed by atoms with van der Waals surface area (Å²) in [4.78, 5) is 19.5. The highest BCUT2D eigenvalue weighted by atomic mass is 32.2. The van der Waals surface area contributed by atoms with E-state index in [1.165, 1.54) is 4.31 Å². The molecule has 1 fully saturated rings. The van der Waals surface area contributed by atoms with Gasteiger partial charge < -0.3 is 4.90 Å². The Balaban J connectivity index is 1.28. The number of carbonyl (C=O) groups excluding carboxylic acids is 1. The molecule has 174 valence electrons. The van der Waals surface area contributed by atoms with E-state index in [0.717, 1.165) is 27.8 Å². The molecule has 0 radical (unpaired) electrons. The monoisotopic (exact) mass is 474 g/mol. The fraction of sp³-hybridized carbons (Fsp3) is 0.231. The van der Waals surface area contributed by atoms with Crippen LogP contribution in [0, 0.1) is 13.8 Å². The van der Waals surface area contributed by atoms with E-state index in [2.05, 4.69) is 4.98 Å². The van der Waals surface area contributed by atoms with Crippen LogP contribution in [-0.2, 0) is 10.0 Å². The van der Waals surface area contributed by atoms with Gasteiger partial charge in [-0.3, -0.25) is 9.36 Å². The van der Waals surface area contributed by atoms with Crippen LogP contribution in [0.3, 0.4) is 0 Å². The maximum absolute atomic E-state index is 13.1. The Morgan fingerprint density at radius 3 is 2.29 bits per heavy atom. The van der Waals surface area contributed by atoms with Gasteiger partial charge in [-0.05, 0) is 61.9 Å². The molecule has 5 rings (SSSR count). The molecule has 1 saturated heterocycles. The molecule has 0 spiro atoms. The van der Waals surface area contributed by atoms with Crippen LogP contribution in [-0.4, -0.2) is 59.3 Å². The predicted molar refractivity (Wildman–Crippen MR) is 132 cm³/mol. The molecule has 0 atom stereocenters. The second-order valence-corrected chi connectivity index (χ2v) is 10.5. The van der Waals surface area contributed by atoms with Crippen molar-refractivity contribution in [3.63, 3.8) is 0 Å². The second-order valence-electron chi connectivity index (χ2n) is 8.62. The van der Waals surface area contributed by atoms with Gasteiger partial charge in [-0.1, -0.05) is 29.8 Å². The molecule has 2 heterocycles. The van der Waals surface area contributed by atoms with Crippen LogP contribution in [0.5, 0.6) is 0 Å². The first-order valence-electron chi connectivity index (χ1n) is 11.2. The van der Waals surface area contributed by atoms with Crippen LogP contribution in [0.2, 0.25) is 0 Å². The number of aromatic nitrogens is 2. The van der Waals surface area contributed by atoms with Crippen molar-refractivity contribution in [1.29, 1.82) is 0 Å². The van der Waals surface area contributed by atoms with Gasteiger partial charge in [0.25, 0.3) is 5.91 Å². The standard InChI is InChI=1S/C26H26N4O3S/c1-19-7-12-25(20(2)17-19)34(32,33)29-15-13-28(14-16-29)26(31)21-8-10-22(11-9-21)30-18-27-23-5-3-4-6-24(23)30/h3-12,17-18H,13-16H2,1-2H3. The minimum Gasteiger partial charge on any atom is -0.336 e. The van der Waals surface area contributed by atoms with E-state index >= 15 is 0 Å². The Morgan fingerprint density at radius 1 is 0.882 bits per heavy atom. The highest BCUT2D eigenvalue weighted by Crippen LogP contribution is 2.23. The summed E-state index contributed by atoms with van der Waals surface area (Å²) in [5, 5.41) is 0. The van der Waals surface area contributed by atoms with Crippen LogP contribution in [0.4, 0.5) is 0 Å².